The molecule has 6 heteroatoms. The second-order valence-corrected chi connectivity index (χ2v) is 6.17. The molecule has 0 unspecified atom stereocenters. The van der Waals surface area contributed by atoms with Crippen LogP contribution in [0.3, 0.4) is 0 Å². The quantitative estimate of drug-likeness (QED) is 0.755. The van der Waals surface area contributed by atoms with E-state index in [4.69, 9.17) is 0 Å². The minimum absolute atomic E-state index is 0.253. The Morgan fingerprint density at radius 1 is 1.35 bits per heavy atom. The number of rotatable bonds is 6. The third kappa shape index (κ3) is 3.50. The minimum atomic E-state index is -3.72. The van der Waals surface area contributed by atoms with Crippen LogP contribution in [0.1, 0.15) is 13.3 Å². The van der Waals surface area contributed by atoms with Crippen LogP contribution in [0, 0.1) is 5.82 Å². The Kier molecular flexibility index (Phi) is 5.55. The van der Waals surface area contributed by atoms with Gasteiger partial charge in [-0.05, 0) is 18.6 Å². The second-order valence-electron chi connectivity index (χ2n) is 3.47. The topological polar surface area (TPSA) is 37.4 Å². The highest BCUT2D eigenvalue weighted by Crippen LogP contribution is 2.19. The van der Waals surface area contributed by atoms with Crippen LogP contribution in [-0.2, 0) is 10.0 Å². The SMILES string of the molecule is CCN(CCCBr)S(=O)(=O)c1ccccc1F. The fourth-order valence-electron chi connectivity index (χ4n) is 1.48. The lowest BCUT2D eigenvalue weighted by molar-refractivity contribution is 0.424. The standard InChI is InChI=1S/C11H15BrFNO2S/c1-2-14(9-5-8-12)17(15,16)11-7-4-3-6-10(11)13/h3-4,6-7H,2,5,8-9H2,1H3. The summed E-state index contributed by atoms with van der Waals surface area (Å²) in [4.78, 5) is -0.253. The maximum Gasteiger partial charge on any atom is 0.245 e. The fraction of sp³-hybridized carbons (Fsp3) is 0.455. The summed E-state index contributed by atoms with van der Waals surface area (Å²) in [5.74, 6) is -0.704. The number of hydrogen-bond acceptors (Lipinski definition) is 2. The Hall–Kier alpha value is -0.460. The van der Waals surface area contributed by atoms with Gasteiger partial charge in [-0.3, -0.25) is 0 Å². The first kappa shape index (κ1) is 14.6. The lowest BCUT2D eigenvalue weighted by Gasteiger charge is -2.20. The molecule has 0 amide bonds. The van der Waals surface area contributed by atoms with Gasteiger partial charge in [0.2, 0.25) is 10.0 Å². The van der Waals surface area contributed by atoms with E-state index in [1.54, 1.807) is 6.92 Å². The van der Waals surface area contributed by atoms with Crippen LogP contribution in [0.5, 0.6) is 0 Å². The number of halogens is 2. The molecule has 0 aliphatic rings. The van der Waals surface area contributed by atoms with Gasteiger partial charge < -0.3 is 0 Å². The van der Waals surface area contributed by atoms with Gasteiger partial charge in [0.05, 0.1) is 0 Å². The predicted octanol–water partition coefficient (Wildman–Crippen LogP) is 2.62. The van der Waals surface area contributed by atoms with Crippen molar-refractivity contribution in [2.75, 3.05) is 18.4 Å². The van der Waals surface area contributed by atoms with E-state index >= 15 is 0 Å². The first-order chi connectivity index (χ1) is 8.04. The first-order valence-electron chi connectivity index (χ1n) is 5.34. The number of sulfonamides is 1. The zero-order chi connectivity index (χ0) is 12.9. The molecular weight excluding hydrogens is 309 g/mol. The van der Waals surface area contributed by atoms with Crippen molar-refractivity contribution in [2.24, 2.45) is 0 Å². The maximum atomic E-state index is 13.5. The fourth-order valence-corrected chi connectivity index (χ4v) is 3.28. The molecule has 96 valence electrons. The van der Waals surface area contributed by atoms with Crippen molar-refractivity contribution in [1.82, 2.24) is 4.31 Å². The molecule has 0 heterocycles. The van der Waals surface area contributed by atoms with Crippen LogP contribution in [0.25, 0.3) is 0 Å². The molecule has 0 aliphatic heterocycles. The zero-order valence-corrected chi connectivity index (χ0v) is 12.0. The summed E-state index contributed by atoms with van der Waals surface area (Å²) in [7, 11) is -3.72. The summed E-state index contributed by atoms with van der Waals surface area (Å²) in [6.45, 7) is 2.47. The molecule has 3 nitrogen and oxygen atoms in total. The Morgan fingerprint density at radius 2 is 2.00 bits per heavy atom. The summed E-state index contributed by atoms with van der Waals surface area (Å²) < 4.78 is 39.1. The molecule has 1 rings (SSSR count). The third-order valence-corrected chi connectivity index (χ3v) is 4.92. The van der Waals surface area contributed by atoms with Crippen LogP contribution in [-0.4, -0.2) is 31.1 Å². The molecule has 0 aromatic heterocycles. The lowest BCUT2D eigenvalue weighted by atomic mass is 10.3. The Morgan fingerprint density at radius 3 is 2.53 bits per heavy atom. The average molecular weight is 324 g/mol. The molecule has 0 atom stereocenters. The molecule has 0 saturated carbocycles. The zero-order valence-electron chi connectivity index (χ0n) is 9.57. The van der Waals surface area contributed by atoms with Crippen LogP contribution in [0.2, 0.25) is 0 Å². The van der Waals surface area contributed by atoms with Gasteiger partial charge in [-0.1, -0.05) is 35.0 Å². The van der Waals surface area contributed by atoms with Gasteiger partial charge in [-0.25, -0.2) is 12.8 Å². The third-order valence-electron chi connectivity index (χ3n) is 2.35. The summed E-state index contributed by atoms with van der Waals surface area (Å²) in [5.41, 5.74) is 0. The van der Waals surface area contributed by atoms with E-state index in [1.807, 2.05) is 0 Å². The minimum Gasteiger partial charge on any atom is -0.207 e. The van der Waals surface area contributed by atoms with Crippen molar-refractivity contribution >= 4 is 26.0 Å². The Bertz CT molecular complexity index is 464. The van der Waals surface area contributed by atoms with E-state index in [1.165, 1.54) is 22.5 Å². The Balaban J connectivity index is 3.05. The highest BCUT2D eigenvalue weighted by molar-refractivity contribution is 9.09. The maximum absolute atomic E-state index is 13.5. The lowest BCUT2D eigenvalue weighted by Crippen LogP contribution is -2.32. The van der Waals surface area contributed by atoms with E-state index in [-0.39, 0.29) is 4.90 Å². The number of benzene rings is 1. The smallest absolute Gasteiger partial charge is 0.207 e. The molecule has 0 aliphatic carbocycles. The summed E-state index contributed by atoms with van der Waals surface area (Å²) >= 11 is 3.25. The first-order valence-corrected chi connectivity index (χ1v) is 7.90. The molecule has 1 aromatic carbocycles. The average Bonchev–Trinajstić information content (AvgIpc) is 2.30. The van der Waals surface area contributed by atoms with Crippen molar-refractivity contribution < 1.29 is 12.8 Å². The second kappa shape index (κ2) is 6.47. The van der Waals surface area contributed by atoms with Gasteiger partial charge in [0.15, 0.2) is 0 Å². The van der Waals surface area contributed by atoms with E-state index < -0.39 is 15.8 Å². The van der Waals surface area contributed by atoms with Crippen molar-refractivity contribution in [3.05, 3.63) is 30.1 Å². The molecular formula is C11H15BrFNO2S. The van der Waals surface area contributed by atoms with Crippen molar-refractivity contribution in [3.8, 4) is 0 Å². The van der Waals surface area contributed by atoms with E-state index in [0.29, 0.717) is 19.5 Å². The highest BCUT2D eigenvalue weighted by atomic mass is 79.9. The van der Waals surface area contributed by atoms with Crippen LogP contribution in [0.4, 0.5) is 4.39 Å². The summed E-state index contributed by atoms with van der Waals surface area (Å²) in [6.07, 6.45) is 0.696. The van der Waals surface area contributed by atoms with Crippen molar-refractivity contribution in [1.29, 1.82) is 0 Å². The van der Waals surface area contributed by atoms with Gasteiger partial charge >= 0.3 is 0 Å². The number of alkyl halides is 1. The molecule has 0 spiro atoms. The number of nitrogens with zero attached hydrogens (tertiary/aromatic N) is 1. The molecule has 1 aromatic rings. The molecule has 0 bridgehead atoms. The van der Waals surface area contributed by atoms with Gasteiger partial charge in [0.1, 0.15) is 10.7 Å². The van der Waals surface area contributed by atoms with Gasteiger partial charge in [0, 0.05) is 18.4 Å². The van der Waals surface area contributed by atoms with Gasteiger partial charge in [-0.2, -0.15) is 4.31 Å². The molecule has 17 heavy (non-hydrogen) atoms. The van der Waals surface area contributed by atoms with Crippen LogP contribution >= 0.6 is 15.9 Å². The summed E-state index contributed by atoms with van der Waals surface area (Å²) in [5, 5.41) is 0.719. The number of hydrogen-bond donors (Lipinski definition) is 0. The van der Waals surface area contributed by atoms with Crippen LogP contribution in [0.15, 0.2) is 29.2 Å². The monoisotopic (exact) mass is 323 g/mol. The summed E-state index contributed by atoms with van der Waals surface area (Å²) in [6, 6.07) is 5.45. The van der Waals surface area contributed by atoms with Crippen molar-refractivity contribution in [3.63, 3.8) is 0 Å². The molecule has 0 N–H and O–H groups in total. The van der Waals surface area contributed by atoms with E-state index in [9.17, 15) is 12.8 Å². The molecule has 0 fully saturated rings. The normalized spacial score (nSPS) is 12.0. The van der Waals surface area contributed by atoms with Gasteiger partial charge in [-0.15, -0.1) is 0 Å². The highest BCUT2D eigenvalue weighted by Gasteiger charge is 2.25. The largest absolute Gasteiger partial charge is 0.245 e. The van der Waals surface area contributed by atoms with Crippen molar-refractivity contribution in [2.45, 2.75) is 18.2 Å². The molecule has 0 saturated heterocycles. The van der Waals surface area contributed by atoms with Crippen LogP contribution < -0.4 is 0 Å². The van der Waals surface area contributed by atoms with E-state index in [0.717, 1.165) is 11.4 Å². The molecule has 0 radical (unpaired) electrons. The van der Waals surface area contributed by atoms with E-state index in [2.05, 4.69) is 15.9 Å². The Labute approximate surface area is 110 Å². The van der Waals surface area contributed by atoms with Gasteiger partial charge in [0.25, 0.3) is 0 Å². The predicted molar refractivity (Wildman–Crippen MR) is 69.2 cm³/mol.